The minimum absolute atomic E-state index is 0.122. The monoisotopic (exact) mass is 347 g/mol. The standard InChI is InChI=1S/C22H21NOS/c1-16-10-11-21-18(14-16)7-4-12-23(21)22(24)20-9-3-2-6-17(20)15-19-8-5-13-25-19/h2-3,5-6,8-11,13-14H,4,7,12,15H2,1H3. The molecule has 0 spiro atoms. The van der Waals surface area contributed by atoms with Crippen molar-refractivity contribution in [2.24, 2.45) is 0 Å². The van der Waals surface area contributed by atoms with Crippen molar-refractivity contribution in [3.63, 3.8) is 0 Å². The Bertz CT molecular complexity index is 898. The second-order valence-corrected chi connectivity index (χ2v) is 7.64. The second-order valence-electron chi connectivity index (χ2n) is 6.61. The molecule has 0 atom stereocenters. The quantitative estimate of drug-likeness (QED) is 0.634. The van der Waals surface area contributed by atoms with Gasteiger partial charge in [0.1, 0.15) is 0 Å². The molecule has 1 aliphatic heterocycles. The molecule has 0 aliphatic carbocycles. The van der Waals surface area contributed by atoms with E-state index >= 15 is 0 Å². The van der Waals surface area contributed by atoms with E-state index < -0.39 is 0 Å². The molecule has 0 saturated carbocycles. The molecule has 0 radical (unpaired) electrons. The maximum absolute atomic E-state index is 13.3. The Kier molecular flexibility index (Phi) is 4.41. The number of aryl methyl sites for hydroxylation is 2. The third-order valence-electron chi connectivity index (χ3n) is 4.79. The molecule has 4 rings (SSSR count). The van der Waals surface area contributed by atoms with Crippen LogP contribution in [0.5, 0.6) is 0 Å². The fourth-order valence-corrected chi connectivity index (χ4v) is 4.29. The van der Waals surface area contributed by atoms with E-state index in [9.17, 15) is 4.79 Å². The first-order valence-corrected chi connectivity index (χ1v) is 9.62. The molecule has 0 N–H and O–H groups in total. The fraction of sp³-hybridized carbons (Fsp3) is 0.227. The van der Waals surface area contributed by atoms with Crippen LogP contribution in [0.1, 0.15) is 38.3 Å². The van der Waals surface area contributed by atoms with E-state index in [1.165, 1.54) is 16.0 Å². The lowest BCUT2D eigenvalue weighted by Crippen LogP contribution is -2.36. The highest BCUT2D eigenvalue weighted by atomic mass is 32.1. The number of rotatable bonds is 3. The van der Waals surface area contributed by atoms with Gasteiger partial charge in [0.05, 0.1) is 0 Å². The Labute approximate surface area is 152 Å². The van der Waals surface area contributed by atoms with Gasteiger partial charge in [-0.1, -0.05) is 42.0 Å². The molecule has 0 unspecified atom stereocenters. The van der Waals surface area contributed by atoms with E-state index in [0.29, 0.717) is 0 Å². The number of fused-ring (bicyclic) bond motifs is 1. The third kappa shape index (κ3) is 3.24. The molecule has 2 nitrogen and oxygen atoms in total. The number of carbonyl (C=O) groups is 1. The van der Waals surface area contributed by atoms with Gasteiger partial charge in [-0.15, -0.1) is 11.3 Å². The van der Waals surface area contributed by atoms with Crippen LogP contribution in [0.15, 0.2) is 60.0 Å². The summed E-state index contributed by atoms with van der Waals surface area (Å²) in [5, 5.41) is 2.09. The molecule has 1 amide bonds. The number of carbonyl (C=O) groups excluding carboxylic acids is 1. The summed E-state index contributed by atoms with van der Waals surface area (Å²) in [5.41, 5.74) is 5.55. The number of thiophene rings is 1. The third-order valence-corrected chi connectivity index (χ3v) is 5.67. The van der Waals surface area contributed by atoms with Crippen LogP contribution in [-0.2, 0) is 12.8 Å². The maximum Gasteiger partial charge on any atom is 0.258 e. The number of anilines is 1. The van der Waals surface area contributed by atoms with E-state index in [4.69, 9.17) is 0 Å². The van der Waals surface area contributed by atoms with Crippen molar-refractivity contribution in [3.05, 3.63) is 87.1 Å². The number of hydrogen-bond acceptors (Lipinski definition) is 2. The van der Waals surface area contributed by atoms with E-state index in [2.05, 4.69) is 48.7 Å². The average Bonchev–Trinajstić information content (AvgIpc) is 3.14. The minimum atomic E-state index is 0.122. The molecule has 0 bridgehead atoms. The van der Waals surface area contributed by atoms with Gasteiger partial charge in [0.2, 0.25) is 0 Å². The minimum Gasteiger partial charge on any atom is -0.308 e. The Hall–Kier alpha value is -2.39. The second kappa shape index (κ2) is 6.85. The van der Waals surface area contributed by atoms with Crippen molar-refractivity contribution < 1.29 is 4.79 Å². The van der Waals surface area contributed by atoms with Crippen molar-refractivity contribution in [2.75, 3.05) is 11.4 Å². The summed E-state index contributed by atoms with van der Waals surface area (Å²) in [4.78, 5) is 16.6. The first-order valence-electron chi connectivity index (χ1n) is 8.74. The van der Waals surface area contributed by atoms with Gasteiger partial charge in [0, 0.05) is 29.1 Å². The molecule has 1 aromatic heterocycles. The summed E-state index contributed by atoms with van der Waals surface area (Å²) >= 11 is 1.74. The van der Waals surface area contributed by atoms with Gasteiger partial charge >= 0.3 is 0 Å². The summed E-state index contributed by atoms with van der Waals surface area (Å²) < 4.78 is 0. The summed E-state index contributed by atoms with van der Waals surface area (Å²) in [6.07, 6.45) is 2.89. The van der Waals surface area contributed by atoms with Crippen molar-refractivity contribution in [1.82, 2.24) is 0 Å². The number of amides is 1. The van der Waals surface area contributed by atoms with Gasteiger partial charge in [-0.05, 0) is 54.5 Å². The molecular formula is C22H21NOS. The van der Waals surface area contributed by atoms with Gasteiger partial charge in [0.25, 0.3) is 5.91 Å². The highest BCUT2D eigenvalue weighted by molar-refractivity contribution is 7.09. The van der Waals surface area contributed by atoms with Crippen molar-refractivity contribution >= 4 is 22.9 Å². The first kappa shape index (κ1) is 16.1. The topological polar surface area (TPSA) is 20.3 Å². The lowest BCUT2D eigenvalue weighted by Gasteiger charge is -2.30. The van der Waals surface area contributed by atoms with Gasteiger partial charge in [-0.2, -0.15) is 0 Å². The lowest BCUT2D eigenvalue weighted by atomic mass is 9.97. The molecule has 25 heavy (non-hydrogen) atoms. The fourth-order valence-electron chi connectivity index (χ4n) is 3.57. The van der Waals surface area contributed by atoms with Crippen molar-refractivity contribution in [1.29, 1.82) is 0 Å². The smallest absolute Gasteiger partial charge is 0.258 e. The summed E-state index contributed by atoms with van der Waals surface area (Å²) in [7, 11) is 0. The summed E-state index contributed by atoms with van der Waals surface area (Å²) in [5.74, 6) is 0.122. The van der Waals surface area contributed by atoms with Gasteiger partial charge in [-0.3, -0.25) is 4.79 Å². The van der Waals surface area contributed by atoms with Crippen LogP contribution >= 0.6 is 11.3 Å². The van der Waals surface area contributed by atoms with Crippen LogP contribution in [0.3, 0.4) is 0 Å². The van der Waals surface area contributed by atoms with Crippen molar-refractivity contribution in [2.45, 2.75) is 26.2 Å². The van der Waals surface area contributed by atoms with Gasteiger partial charge < -0.3 is 4.90 Å². The van der Waals surface area contributed by atoms with Crippen LogP contribution in [-0.4, -0.2) is 12.5 Å². The van der Waals surface area contributed by atoms with Crippen LogP contribution in [0.4, 0.5) is 5.69 Å². The SMILES string of the molecule is Cc1ccc2c(c1)CCCN2C(=O)c1ccccc1Cc1cccs1. The molecule has 0 saturated heterocycles. The zero-order chi connectivity index (χ0) is 17.2. The van der Waals surface area contributed by atoms with Crippen LogP contribution in [0.25, 0.3) is 0 Å². The zero-order valence-electron chi connectivity index (χ0n) is 14.4. The Morgan fingerprint density at radius 2 is 2.00 bits per heavy atom. The largest absolute Gasteiger partial charge is 0.308 e. The normalized spacial score (nSPS) is 13.6. The maximum atomic E-state index is 13.3. The molecular weight excluding hydrogens is 326 g/mol. The molecule has 3 aromatic rings. The predicted molar refractivity (Wildman–Crippen MR) is 105 cm³/mol. The predicted octanol–water partition coefficient (Wildman–Crippen LogP) is 5.24. The summed E-state index contributed by atoms with van der Waals surface area (Å²) in [6, 6.07) is 18.6. The van der Waals surface area contributed by atoms with E-state index in [-0.39, 0.29) is 5.91 Å². The van der Waals surface area contributed by atoms with Crippen molar-refractivity contribution in [3.8, 4) is 0 Å². The van der Waals surface area contributed by atoms with E-state index in [1.807, 2.05) is 23.1 Å². The zero-order valence-corrected chi connectivity index (χ0v) is 15.2. The van der Waals surface area contributed by atoms with Crippen LogP contribution in [0.2, 0.25) is 0 Å². The molecule has 2 aromatic carbocycles. The Morgan fingerprint density at radius 1 is 1.12 bits per heavy atom. The lowest BCUT2D eigenvalue weighted by molar-refractivity contribution is 0.0984. The molecule has 3 heteroatoms. The molecule has 2 heterocycles. The van der Waals surface area contributed by atoms with Gasteiger partial charge in [-0.25, -0.2) is 0 Å². The van der Waals surface area contributed by atoms with E-state index in [0.717, 1.165) is 42.6 Å². The Morgan fingerprint density at radius 3 is 2.84 bits per heavy atom. The van der Waals surface area contributed by atoms with E-state index in [1.54, 1.807) is 11.3 Å². The Balaban J connectivity index is 1.69. The number of hydrogen-bond donors (Lipinski definition) is 0. The molecule has 0 fully saturated rings. The molecule has 1 aliphatic rings. The number of nitrogens with zero attached hydrogens (tertiary/aromatic N) is 1. The average molecular weight is 347 g/mol. The van der Waals surface area contributed by atoms with Crippen LogP contribution in [0, 0.1) is 6.92 Å². The number of benzene rings is 2. The van der Waals surface area contributed by atoms with Crippen LogP contribution < -0.4 is 4.90 Å². The van der Waals surface area contributed by atoms with Gasteiger partial charge in [0.15, 0.2) is 0 Å². The first-order chi connectivity index (χ1) is 12.2. The molecule has 126 valence electrons. The highest BCUT2D eigenvalue weighted by Gasteiger charge is 2.25. The highest BCUT2D eigenvalue weighted by Crippen LogP contribution is 2.30. The summed E-state index contributed by atoms with van der Waals surface area (Å²) in [6.45, 7) is 2.90.